The number of nitrogens with zero attached hydrogens (tertiary/aromatic N) is 1. The zero-order valence-corrected chi connectivity index (χ0v) is 15.4. The molecule has 0 radical (unpaired) electrons. The van der Waals surface area contributed by atoms with E-state index in [0.29, 0.717) is 50.3 Å². The molecule has 2 aliphatic rings. The Hall–Kier alpha value is -2.82. The Kier molecular flexibility index (Phi) is 4.60. The topological polar surface area (TPSA) is 55.8 Å². The van der Waals surface area contributed by atoms with Crippen molar-refractivity contribution in [2.75, 3.05) is 19.7 Å². The average molecular weight is 365 g/mol. The molecule has 2 heterocycles. The van der Waals surface area contributed by atoms with Crippen molar-refractivity contribution in [2.45, 2.75) is 31.8 Å². The Morgan fingerprint density at radius 3 is 2.74 bits per heavy atom. The number of Topliss-reactive ketones (excluding diaryl/α,β-unsaturated/α-hetero) is 1. The van der Waals surface area contributed by atoms with Crippen LogP contribution in [0.5, 0.6) is 11.5 Å². The first kappa shape index (κ1) is 17.6. The van der Waals surface area contributed by atoms with E-state index in [1.165, 1.54) is 0 Å². The SMILES string of the molecule is CCOc1ccc(CC(=O)N2CCC3(CC(=O)c4ccccc4O3)C2)cc1. The van der Waals surface area contributed by atoms with Crippen LogP contribution in [0.4, 0.5) is 0 Å². The molecule has 140 valence electrons. The summed E-state index contributed by atoms with van der Waals surface area (Å²) in [5.74, 6) is 1.60. The van der Waals surface area contributed by atoms with Gasteiger partial charge in [0, 0.05) is 13.0 Å². The fourth-order valence-electron chi connectivity index (χ4n) is 3.88. The number of ether oxygens (including phenoxy) is 2. The summed E-state index contributed by atoms with van der Waals surface area (Å²) in [6.45, 7) is 3.64. The molecular weight excluding hydrogens is 342 g/mol. The van der Waals surface area contributed by atoms with Gasteiger partial charge in [0.15, 0.2) is 5.78 Å². The molecule has 1 fully saturated rings. The molecule has 4 rings (SSSR count). The Labute approximate surface area is 158 Å². The molecule has 1 unspecified atom stereocenters. The fourth-order valence-corrected chi connectivity index (χ4v) is 3.88. The van der Waals surface area contributed by atoms with Crippen LogP contribution in [0.3, 0.4) is 0 Å². The summed E-state index contributed by atoms with van der Waals surface area (Å²) < 4.78 is 11.6. The molecule has 27 heavy (non-hydrogen) atoms. The van der Waals surface area contributed by atoms with E-state index in [2.05, 4.69) is 0 Å². The second-order valence-corrected chi connectivity index (χ2v) is 7.20. The van der Waals surface area contributed by atoms with Gasteiger partial charge in [0.25, 0.3) is 0 Å². The second kappa shape index (κ2) is 7.06. The molecule has 1 saturated heterocycles. The minimum atomic E-state index is -0.583. The third kappa shape index (κ3) is 3.54. The van der Waals surface area contributed by atoms with Crippen molar-refractivity contribution < 1.29 is 19.1 Å². The molecule has 2 aliphatic heterocycles. The van der Waals surface area contributed by atoms with Crippen molar-refractivity contribution in [1.29, 1.82) is 0 Å². The van der Waals surface area contributed by atoms with Crippen LogP contribution in [0.1, 0.15) is 35.7 Å². The zero-order valence-electron chi connectivity index (χ0n) is 15.4. The van der Waals surface area contributed by atoms with Gasteiger partial charge >= 0.3 is 0 Å². The first-order valence-corrected chi connectivity index (χ1v) is 9.39. The zero-order chi connectivity index (χ0) is 18.9. The van der Waals surface area contributed by atoms with Crippen LogP contribution in [0.2, 0.25) is 0 Å². The summed E-state index contributed by atoms with van der Waals surface area (Å²) in [5, 5.41) is 0. The van der Waals surface area contributed by atoms with Gasteiger partial charge in [-0.15, -0.1) is 0 Å². The minimum absolute atomic E-state index is 0.0611. The number of para-hydroxylation sites is 1. The molecule has 5 nitrogen and oxygen atoms in total. The van der Waals surface area contributed by atoms with Crippen molar-refractivity contribution >= 4 is 11.7 Å². The van der Waals surface area contributed by atoms with Crippen molar-refractivity contribution in [2.24, 2.45) is 0 Å². The molecule has 5 heteroatoms. The molecule has 0 aliphatic carbocycles. The number of carbonyl (C=O) groups is 2. The monoisotopic (exact) mass is 365 g/mol. The van der Waals surface area contributed by atoms with Crippen LogP contribution < -0.4 is 9.47 Å². The summed E-state index contributed by atoms with van der Waals surface area (Å²) in [4.78, 5) is 27.1. The maximum atomic E-state index is 12.7. The summed E-state index contributed by atoms with van der Waals surface area (Å²) in [5.41, 5.74) is 1.01. The Morgan fingerprint density at radius 1 is 1.19 bits per heavy atom. The normalized spacial score (nSPS) is 21.1. The van der Waals surface area contributed by atoms with Crippen LogP contribution >= 0.6 is 0 Å². The molecule has 1 amide bonds. The van der Waals surface area contributed by atoms with E-state index in [4.69, 9.17) is 9.47 Å². The lowest BCUT2D eigenvalue weighted by Gasteiger charge is -2.34. The van der Waals surface area contributed by atoms with Gasteiger partial charge in [-0.2, -0.15) is 0 Å². The van der Waals surface area contributed by atoms with Crippen LogP contribution in [0.15, 0.2) is 48.5 Å². The lowest BCUT2D eigenvalue weighted by Crippen LogP contribution is -2.45. The number of hydrogen-bond donors (Lipinski definition) is 0. The van der Waals surface area contributed by atoms with Gasteiger partial charge < -0.3 is 14.4 Å². The van der Waals surface area contributed by atoms with E-state index >= 15 is 0 Å². The van der Waals surface area contributed by atoms with E-state index in [0.717, 1.165) is 11.3 Å². The number of benzene rings is 2. The van der Waals surface area contributed by atoms with E-state index in [1.807, 2.05) is 54.3 Å². The van der Waals surface area contributed by atoms with Crippen molar-refractivity contribution in [3.8, 4) is 11.5 Å². The van der Waals surface area contributed by atoms with Crippen molar-refractivity contribution in [1.82, 2.24) is 4.90 Å². The van der Waals surface area contributed by atoms with E-state index in [9.17, 15) is 9.59 Å². The quantitative estimate of drug-likeness (QED) is 0.834. The van der Waals surface area contributed by atoms with E-state index in [-0.39, 0.29) is 11.7 Å². The molecule has 2 aromatic rings. The molecule has 0 N–H and O–H groups in total. The Morgan fingerprint density at radius 2 is 1.96 bits per heavy atom. The van der Waals surface area contributed by atoms with Crippen molar-refractivity contribution in [3.05, 3.63) is 59.7 Å². The predicted octanol–water partition coefficient (Wildman–Crippen LogP) is 3.26. The van der Waals surface area contributed by atoms with Crippen LogP contribution in [0.25, 0.3) is 0 Å². The third-order valence-electron chi connectivity index (χ3n) is 5.26. The van der Waals surface area contributed by atoms with Gasteiger partial charge in [0.2, 0.25) is 5.91 Å². The summed E-state index contributed by atoms with van der Waals surface area (Å²) in [6.07, 6.45) is 1.35. The number of hydrogen-bond acceptors (Lipinski definition) is 4. The first-order chi connectivity index (χ1) is 13.1. The molecule has 1 atom stereocenters. The highest BCUT2D eigenvalue weighted by molar-refractivity contribution is 6.00. The largest absolute Gasteiger partial charge is 0.494 e. The highest BCUT2D eigenvalue weighted by Crippen LogP contribution is 2.38. The Balaban J connectivity index is 1.42. The number of likely N-dealkylation sites (tertiary alicyclic amines) is 1. The average Bonchev–Trinajstić information content (AvgIpc) is 3.07. The first-order valence-electron chi connectivity index (χ1n) is 9.39. The van der Waals surface area contributed by atoms with Gasteiger partial charge in [-0.25, -0.2) is 0 Å². The van der Waals surface area contributed by atoms with Gasteiger partial charge in [0.1, 0.15) is 17.1 Å². The third-order valence-corrected chi connectivity index (χ3v) is 5.26. The molecule has 0 aromatic heterocycles. The standard InChI is InChI=1S/C22H23NO4/c1-2-26-17-9-7-16(8-10-17)13-21(25)23-12-11-22(15-23)14-19(24)18-5-3-4-6-20(18)27-22/h3-10H,2,11-15H2,1H3. The molecule has 0 bridgehead atoms. The number of ketones is 1. The number of fused-ring (bicyclic) bond motifs is 1. The van der Waals surface area contributed by atoms with Crippen molar-refractivity contribution in [3.63, 3.8) is 0 Å². The summed E-state index contributed by atoms with van der Waals surface area (Å²) in [7, 11) is 0. The summed E-state index contributed by atoms with van der Waals surface area (Å²) >= 11 is 0. The van der Waals surface area contributed by atoms with Gasteiger partial charge in [-0.05, 0) is 36.8 Å². The lowest BCUT2D eigenvalue weighted by atomic mass is 9.89. The van der Waals surface area contributed by atoms with E-state index < -0.39 is 5.60 Å². The molecule has 2 aromatic carbocycles. The number of amides is 1. The number of rotatable bonds is 4. The van der Waals surface area contributed by atoms with Crippen LogP contribution in [0, 0.1) is 0 Å². The molecule has 0 saturated carbocycles. The highest BCUT2D eigenvalue weighted by Gasteiger charge is 2.46. The predicted molar refractivity (Wildman–Crippen MR) is 101 cm³/mol. The van der Waals surface area contributed by atoms with Crippen LogP contribution in [-0.2, 0) is 11.2 Å². The lowest BCUT2D eigenvalue weighted by molar-refractivity contribution is -0.130. The van der Waals surface area contributed by atoms with Gasteiger partial charge in [0.05, 0.1) is 31.6 Å². The van der Waals surface area contributed by atoms with Gasteiger partial charge in [-0.3, -0.25) is 9.59 Å². The van der Waals surface area contributed by atoms with Crippen LogP contribution in [-0.4, -0.2) is 41.9 Å². The maximum absolute atomic E-state index is 12.7. The molecule has 1 spiro atoms. The Bertz CT molecular complexity index is 861. The highest BCUT2D eigenvalue weighted by atomic mass is 16.5. The number of carbonyl (C=O) groups excluding carboxylic acids is 2. The maximum Gasteiger partial charge on any atom is 0.227 e. The minimum Gasteiger partial charge on any atom is -0.494 e. The summed E-state index contributed by atoms with van der Waals surface area (Å²) in [6, 6.07) is 15.0. The second-order valence-electron chi connectivity index (χ2n) is 7.20. The van der Waals surface area contributed by atoms with Gasteiger partial charge in [-0.1, -0.05) is 24.3 Å². The fraction of sp³-hybridized carbons (Fsp3) is 0.364. The smallest absolute Gasteiger partial charge is 0.227 e. The molecular formula is C22H23NO4. The van der Waals surface area contributed by atoms with E-state index in [1.54, 1.807) is 6.07 Å².